The summed E-state index contributed by atoms with van der Waals surface area (Å²) >= 11 is 0. The number of nitrogens with zero attached hydrogens (tertiary/aromatic N) is 3. The van der Waals surface area contributed by atoms with Crippen molar-refractivity contribution in [3.8, 4) is 11.3 Å². The summed E-state index contributed by atoms with van der Waals surface area (Å²) in [6.07, 6.45) is 5.00. The summed E-state index contributed by atoms with van der Waals surface area (Å²) in [4.78, 5) is 31.0. The minimum Gasteiger partial charge on any atom is -0.351 e. The number of hydrogen-bond acceptors (Lipinski definition) is 4. The normalized spacial score (nSPS) is 17.8. The van der Waals surface area contributed by atoms with Gasteiger partial charge in [0.15, 0.2) is 0 Å². The number of aromatic amines is 1. The van der Waals surface area contributed by atoms with Crippen molar-refractivity contribution in [2.45, 2.75) is 39.2 Å². The number of pyridine rings is 1. The largest absolute Gasteiger partial charge is 0.351 e. The highest BCUT2D eigenvalue weighted by Gasteiger charge is 2.31. The molecule has 0 spiro atoms. The third-order valence-electron chi connectivity index (χ3n) is 4.36. The Kier molecular flexibility index (Phi) is 5.06. The molecule has 7 nitrogen and oxygen atoms in total. The number of rotatable bonds is 3. The minimum atomic E-state index is -0.272. The van der Waals surface area contributed by atoms with Crippen LogP contribution in [0.1, 0.15) is 44.1 Å². The highest BCUT2D eigenvalue weighted by molar-refractivity contribution is 5.94. The van der Waals surface area contributed by atoms with Gasteiger partial charge in [-0.2, -0.15) is 5.10 Å². The predicted molar refractivity (Wildman–Crippen MR) is 98.3 cm³/mol. The lowest BCUT2D eigenvalue weighted by Gasteiger charge is -2.33. The van der Waals surface area contributed by atoms with Crippen LogP contribution >= 0.6 is 0 Å². The van der Waals surface area contributed by atoms with Crippen LogP contribution in [0.2, 0.25) is 0 Å². The molecular weight excluding hydrogens is 330 g/mol. The number of nitrogens with one attached hydrogen (secondary N) is 2. The number of hydrogen-bond donors (Lipinski definition) is 2. The number of piperidine rings is 1. The Morgan fingerprint density at radius 3 is 2.69 bits per heavy atom. The van der Waals surface area contributed by atoms with Gasteiger partial charge in [-0.15, -0.1) is 0 Å². The van der Waals surface area contributed by atoms with E-state index in [1.54, 1.807) is 23.4 Å². The van der Waals surface area contributed by atoms with Crippen LogP contribution in [0.5, 0.6) is 0 Å². The quantitative estimate of drug-likeness (QED) is 0.883. The number of aromatic nitrogens is 3. The molecule has 2 aromatic rings. The van der Waals surface area contributed by atoms with Crippen LogP contribution < -0.4 is 5.32 Å². The zero-order valence-corrected chi connectivity index (χ0v) is 15.5. The van der Waals surface area contributed by atoms with E-state index >= 15 is 0 Å². The molecule has 1 atom stereocenters. The van der Waals surface area contributed by atoms with Crippen LogP contribution in [-0.4, -0.2) is 50.5 Å². The third-order valence-corrected chi connectivity index (χ3v) is 4.36. The smallest absolute Gasteiger partial charge is 0.271 e. The van der Waals surface area contributed by atoms with Gasteiger partial charge in [0, 0.05) is 36.6 Å². The van der Waals surface area contributed by atoms with E-state index in [4.69, 9.17) is 0 Å². The molecular formula is C19H25N5O2. The van der Waals surface area contributed by atoms with Crippen molar-refractivity contribution in [2.75, 3.05) is 13.1 Å². The number of carbonyl (C=O) groups is 2. The van der Waals surface area contributed by atoms with E-state index in [0.717, 1.165) is 18.4 Å². The van der Waals surface area contributed by atoms with E-state index in [2.05, 4.69) is 20.5 Å². The molecule has 26 heavy (non-hydrogen) atoms. The van der Waals surface area contributed by atoms with E-state index in [1.165, 1.54) is 0 Å². The summed E-state index contributed by atoms with van der Waals surface area (Å²) in [5.74, 6) is -0.280. The van der Waals surface area contributed by atoms with Crippen molar-refractivity contribution in [1.29, 1.82) is 0 Å². The first-order chi connectivity index (χ1) is 12.3. The van der Waals surface area contributed by atoms with Crippen LogP contribution in [-0.2, 0) is 4.79 Å². The Labute approximate surface area is 153 Å². The number of likely N-dealkylation sites (tertiary alicyclic amines) is 1. The fourth-order valence-electron chi connectivity index (χ4n) is 3.12. The molecule has 1 aliphatic rings. The van der Waals surface area contributed by atoms with Crippen molar-refractivity contribution in [1.82, 2.24) is 25.4 Å². The molecule has 1 fully saturated rings. The Balaban J connectivity index is 1.68. The fraction of sp³-hybridized carbons (Fsp3) is 0.474. The second kappa shape index (κ2) is 7.27. The van der Waals surface area contributed by atoms with Gasteiger partial charge in [0.2, 0.25) is 5.91 Å². The molecule has 138 valence electrons. The molecule has 1 unspecified atom stereocenters. The second-order valence-corrected chi connectivity index (χ2v) is 7.73. The van der Waals surface area contributed by atoms with Gasteiger partial charge in [-0.1, -0.05) is 0 Å². The van der Waals surface area contributed by atoms with E-state index in [-0.39, 0.29) is 23.3 Å². The maximum atomic E-state index is 12.8. The number of H-pyrrole nitrogens is 1. The molecule has 0 bridgehead atoms. The topological polar surface area (TPSA) is 91.0 Å². The lowest BCUT2D eigenvalue weighted by atomic mass is 9.95. The SMILES string of the molecule is CC(C)(C)NC(=O)C1CCCN(C(=O)c2cc(-c3ccncc3)n[nH]2)C1. The van der Waals surface area contributed by atoms with Crippen molar-refractivity contribution in [2.24, 2.45) is 5.92 Å². The lowest BCUT2D eigenvalue weighted by Crippen LogP contribution is -2.49. The first-order valence-corrected chi connectivity index (χ1v) is 8.90. The minimum absolute atomic E-state index is 0.0112. The molecule has 0 aliphatic carbocycles. The standard InChI is InChI=1S/C19H25N5O2/c1-19(2,3)21-17(25)14-5-4-10-24(12-14)18(26)16-11-15(22-23-16)13-6-8-20-9-7-13/h6-9,11,14H,4-5,10,12H2,1-3H3,(H,21,25)(H,22,23). The van der Waals surface area contributed by atoms with Gasteiger partial charge in [0.25, 0.3) is 5.91 Å². The van der Waals surface area contributed by atoms with Gasteiger partial charge in [0.1, 0.15) is 5.69 Å². The number of carbonyl (C=O) groups excluding carboxylic acids is 2. The van der Waals surface area contributed by atoms with Gasteiger partial charge < -0.3 is 10.2 Å². The summed E-state index contributed by atoms with van der Waals surface area (Å²) in [5, 5.41) is 10.1. The monoisotopic (exact) mass is 355 g/mol. The maximum Gasteiger partial charge on any atom is 0.271 e. The molecule has 2 amide bonds. The highest BCUT2D eigenvalue weighted by Crippen LogP contribution is 2.21. The summed E-state index contributed by atoms with van der Waals surface area (Å²) in [5.41, 5.74) is 1.77. The molecule has 2 aromatic heterocycles. The fourth-order valence-corrected chi connectivity index (χ4v) is 3.12. The Morgan fingerprint density at radius 2 is 2.00 bits per heavy atom. The molecule has 3 rings (SSSR count). The summed E-state index contributed by atoms with van der Waals surface area (Å²) in [7, 11) is 0. The average molecular weight is 355 g/mol. The summed E-state index contributed by atoms with van der Waals surface area (Å²) in [6.45, 7) is 6.97. The van der Waals surface area contributed by atoms with Crippen molar-refractivity contribution in [3.63, 3.8) is 0 Å². The Hall–Kier alpha value is -2.70. The van der Waals surface area contributed by atoms with Gasteiger partial charge in [-0.25, -0.2) is 0 Å². The molecule has 2 N–H and O–H groups in total. The molecule has 3 heterocycles. The molecule has 7 heteroatoms. The summed E-state index contributed by atoms with van der Waals surface area (Å²) < 4.78 is 0. The van der Waals surface area contributed by atoms with Gasteiger partial charge in [-0.3, -0.25) is 19.7 Å². The zero-order chi connectivity index (χ0) is 18.7. The van der Waals surface area contributed by atoms with Crippen LogP contribution in [0.25, 0.3) is 11.3 Å². The Bertz CT molecular complexity index is 779. The van der Waals surface area contributed by atoms with Crippen LogP contribution in [0, 0.1) is 5.92 Å². The molecule has 0 radical (unpaired) electrons. The van der Waals surface area contributed by atoms with E-state index in [9.17, 15) is 9.59 Å². The number of amides is 2. The van der Waals surface area contributed by atoms with Crippen LogP contribution in [0.3, 0.4) is 0 Å². The van der Waals surface area contributed by atoms with E-state index < -0.39 is 0 Å². The second-order valence-electron chi connectivity index (χ2n) is 7.73. The van der Waals surface area contributed by atoms with Gasteiger partial charge in [0.05, 0.1) is 11.6 Å². The maximum absolute atomic E-state index is 12.8. The van der Waals surface area contributed by atoms with Gasteiger partial charge >= 0.3 is 0 Å². The molecule has 1 aliphatic heterocycles. The zero-order valence-electron chi connectivity index (χ0n) is 15.5. The van der Waals surface area contributed by atoms with Crippen molar-refractivity contribution in [3.05, 3.63) is 36.3 Å². The van der Waals surface area contributed by atoms with Gasteiger partial charge in [-0.05, 0) is 51.8 Å². The lowest BCUT2D eigenvalue weighted by molar-refractivity contribution is -0.127. The highest BCUT2D eigenvalue weighted by atomic mass is 16.2. The van der Waals surface area contributed by atoms with Crippen LogP contribution in [0.4, 0.5) is 0 Å². The molecule has 0 aromatic carbocycles. The average Bonchev–Trinajstić information content (AvgIpc) is 3.10. The van der Waals surface area contributed by atoms with Crippen molar-refractivity contribution < 1.29 is 9.59 Å². The van der Waals surface area contributed by atoms with Crippen LogP contribution in [0.15, 0.2) is 30.6 Å². The van der Waals surface area contributed by atoms with E-state index in [1.807, 2.05) is 32.9 Å². The Morgan fingerprint density at radius 1 is 1.27 bits per heavy atom. The first kappa shape index (κ1) is 18.1. The first-order valence-electron chi connectivity index (χ1n) is 8.90. The van der Waals surface area contributed by atoms with E-state index in [0.29, 0.717) is 24.5 Å². The van der Waals surface area contributed by atoms with Crippen molar-refractivity contribution >= 4 is 11.8 Å². The third kappa shape index (κ3) is 4.28. The predicted octanol–water partition coefficient (Wildman–Crippen LogP) is 2.24. The molecule has 0 saturated carbocycles. The summed E-state index contributed by atoms with van der Waals surface area (Å²) in [6, 6.07) is 5.44. The molecule has 1 saturated heterocycles.